The lowest BCUT2D eigenvalue weighted by molar-refractivity contribution is 0.102. The molecule has 0 atom stereocenters. The van der Waals surface area contributed by atoms with Crippen molar-refractivity contribution in [2.45, 2.75) is 13.3 Å². The SMILES string of the molecule is CCc1[nH]nc(-c2ccsc2)c1NC(=O)c1ccc(F)cc1. The van der Waals surface area contributed by atoms with Gasteiger partial charge < -0.3 is 5.32 Å². The third kappa shape index (κ3) is 2.78. The van der Waals surface area contributed by atoms with Crippen molar-refractivity contribution in [3.63, 3.8) is 0 Å². The fourth-order valence-electron chi connectivity index (χ4n) is 2.16. The lowest BCUT2D eigenvalue weighted by atomic mass is 10.1. The van der Waals surface area contributed by atoms with Crippen molar-refractivity contribution in [2.75, 3.05) is 5.32 Å². The Balaban J connectivity index is 1.92. The maximum absolute atomic E-state index is 13.0. The Morgan fingerprint density at radius 3 is 2.73 bits per heavy atom. The zero-order chi connectivity index (χ0) is 15.5. The smallest absolute Gasteiger partial charge is 0.255 e. The molecule has 2 heterocycles. The highest BCUT2D eigenvalue weighted by atomic mass is 32.1. The van der Waals surface area contributed by atoms with Crippen LogP contribution < -0.4 is 5.32 Å². The minimum atomic E-state index is -0.368. The second kappa shape index (κ2) is 6.11. The molecule has 22 heavy (non-hydrogen) atoms. The number of halogens is 1. The maximum Gasteiger partial charge on any atom is 0.255 e. The van der Waals surface area contributed by atoms with Crippen LogP contribution in [-0.4, -0.2) is 16.1 Å². The van der Waals surface area contributed by atoms with E-state index < -0.39 is 0 Å². The van der Waals surface area contributed by atoms with Crippen LogP contribution in [0.25, 0.3) is 11.3 Å². The molecule has 0 unspecified atom stereocenters. The minimum Gasteiger partial charge on any atom is -0.319 e. The van der Waals surface area contributed by atoms with Crippen molar-refractivity contribution in [2.24, 2.45) is 0 Å². The molecule has 2 N–H and O–H groups in total. The molecule has 4 nitrogen and oxygen atoms in total. The lowest BCUT2D eigenvalue weighted by Gasteiger charge is -2.07. The number of aryl methyl sites for hydroxylation is 1. The van der Waals surface area contributed by atoms with Gasteiger partial charge in [0.2, 0.25) is 0 Å². The number of thiophene rings is 1. The van der Waals surface area contributed by atoms with Crippen LogP contribution in [0.4, 0.5) is 10.1 Å². The molecule has 0 aliphatic rings. The van der Waals surface area contributed by atoms with E-state index in [1.54, 1.807) is 11.3 Å². The van der Waals surface area contributed by atoms with Crippen molar-refractivity contribution >= 4 is 22.9 Å². The van der Waals surface area contributed by atoms with E-state index in [-0.39, 0.29) is 11.7 Å². The van der Waals surface area contributed by atoms with E-state index in [0.29, 0.717) is 16.9 Å². The fourth-order valence-corrected chi connectivity index (χ4v) is 2.80. The molecule has 0 bridgehead atoms. The molecule has 0 aliphatic carbocycles. The standard InChI is InChI=1S/C16H14FN3OS/c1-2-13-15(14(20-19-13)11-7-8-22-9-11)18-16(21)10-3-5-12(17)6-4-10/h3-9H,2H2,1H3,(H,18,21)(H,19,20). The van der Waals surface area contributed by atoms with E-state index in [1.807, 2.05) is 23.8 Å². The number of aromatic amines is 1. The highest BCUT2D eigenvalue weighted by Crippen LogP contribution is 2.30. The van der Waals surface area contributed by atoms with Crippen LogP contribution in [0.5, 0.6) is 0 Å². The first kappa shape index (κ1) is 14.5. The quantitative estimate of drug-likeness (QED) is 0.762. The van der Waals surface area contributed by atoms with Crippen LogP contribution in [0.2, 0.25) is 0 Å². The van der Waals surface area contributed by atoms with Gasteiger partial charge in [0.15, 0.2) is 0 Å². The normalized spacial score (nSPS) is 10.6. The zero-order valence-corrected chi connectivity index (χ0v) is 12.7. The first-order valence-corrected chi connectivity index (χ1v) is 7.80. The molecule has 2 aromatic heterocycles. The molecular weight excluding hydrogens is 301 g/mol. The molecule has 0 spiro atoms. The van der Waals surface area contributed by atoms with Gasteiger partial charge >= 0.3 is 0 Å². The van der Waals surface area contributed by atoms with Gasteiger partial charge in [-0.2, -0.15) is 16.4 Å². The molecule has 0 aliphatic heterocycles. The van der Waals surface area contributed by atoms with Gasteiger partial charge in [-0.3, -0.25) is 9.89 Å². The topological polar surface area (TPSA) is 57.8 Å². The highest BCUT2D eigenvalue weighted by molar-refractivity contribution is 7.08. The average Bonchev–Trinajstić information content (AvgIpc) is 3.16. The van der Waals surface area contributed by atoms with E-state index in [4.69, 9.17) is 0 Å². The first-order chi connectivity index (χ1) is 10.7. The maximum atomic E-state index is 13.0. The van der Waals surface area contributed by atoms with Crippen molar-refractivity contribution in [3.8, 4) is 11.3 Å². The predicted octanol–water partition coefficient (Wildman–Crippen LogP) is 4.09. The van der Waals surface area contributed by atoms with Gasteiger partial charge in [0.25, 0.3) is 5.91 Å². The molecule has 3 rings (SSSR count). The van der Waals surface area contributed by atoms with Crippen LogP contribution in [-0.2, 0) is 6.42 Å². The largest absolute Gasteiger partial charge is 0.319 e. The Morgan fingerprint density at radius 1 is 1.32 bits per heavy atom. The number of amides is 1. The summed E-state index contributed by atoms with van der Waals surface area (Å²) in [7, 11) is 0. The number of carbonyl (C=O) groups is 1. The second-order valence-electron chi connectivity index (χ2n) is 4.75. The van der Waals surface area contributed by atoms with E-state index in [0.717, 1.165) is 17.7 Å². The number of hydrogen-bond acceptors (Lipinski definition) is 3. The number of H-pyrrole nitrogens is 1. The highest BCUT2D eigenvalue weighted by Gasteiger charge is 2.17. The molecule has 6 heteroatoms. The number of anilines is 1. The van der Waals surface area contributed by atoms with E-state index >= 15 is 0 Å². The molecule has 1 aromatic carbocycles. The van der Waals surface area contributed by atoms with Crippen LogP contribution in [0.15, 0.2) is 41.1 Å². The Bertz CT molecular complexity index is 778. The number of nitrogens with zero attached hydrogens (tertiary/aromatic N) is 1. The third-order valence-corrected chi connectivity index (χ3v) is 4.02. The molecule has 112 valence electrons. The summed E-state index contributed by atoms with van der Waals surface area (Å²) in [6, 6.07) is 7.41. The van der Waals surface area contributed by atoms with Crippen molar-refractivity contribution in [1.29, 1.82) is 0 Å². The zero-order valence-electron chi connectivity index (χ0n) is 11.9. The summed E-state index contributed by atoms with van der Waals surface area (Å²) in [5, 5.41) is 14.1. The van der Waals surface area contributed by atoms with Gasteiger partial charge in [-0.15, -0.1) is 0 Å². The summed E-state index contributed by atoms with van der Waals surface area (Å²) in [6.07, 6.45) is 0.718. The van der Waals surface area contributed by atoms with Gasteiger partial charge in [-0.1, -0.05) is 6.92 Å². The van der Waals surface area contributed by atoms with Crippen LogP contribution in [0.3, 0.4) is 0 Å². The summed E-state index contributed by atoms with van der Waals surface area (Å²) in [5.74, 6) is -0.652. The lowest BCUT2D eigenvalue weighted by Crippen LogP contribution is -2.13. The third-order valence-electron chi connectivity index (χ3n) is 3.33. The number of aromatic nitrogens is 2. The predicted molar refractivity (Wildman–Crippen MR) is 85.6 cm³/mol. The Morgan fingerprint density at radius 2 is 2.09 bits per heavy atom. The molecule has 0 fully saturated rings. The van der Waals surface area contributed by atoms with Crippen LogP contribution in [0, 0.1) is 5.82 Å². The van der Waals surface area contributed by atoms with E-state index in [9.17, 15) is 9.18 Å². The monoisotopic (exact) mass is 315 g/mol. The molecule has 3 aromatic rings. The fraction of sp³-hybridized carbons (Fsp3) is 0.125. The number of benzene rings is 1. The number of rotatable bonds is 4. The van der Waals surface area contributed by atoms with Crippen LogP contribution >= 0.6 is 11.3 Å². The van der Waals surface area contributed by atoms with Gasteiger partial charge in [-0.25, -0.2) is 4.39 Å². The van der Waals surface area contributed by atoms with Gasteiger partial charge in [0.05, 0.1) is 11.4 Å². The van der Waals surface area contributed by atoms with E-state index in [2.05, 4.69) is 15.5 Å². The molecule has 0 saturated heterocycles. The minimum absolute atomic E-state index is 0.285. The summed E-state index contributed by atoms with van der Waals surface area (Å²) >= 11 is 1.57. The summed E-state index contributed by atoms with van der Waals surface area (Å²) in [6.45, 7) is 1.98. The van der Waals surface area contributed by atoms with Crippen molar-refractivity contribution < 1.29 is 9.18 Å². The first-order valence-electron chi connectivity index (χ1n) is 6.85. The number of hydrogen-bond donors (Lipinski definition) is 2. The van der Waals surface area contributed by atoms with Crippen molar-refractivity contribution in [3.05, 3.63) is 58.2 Å². The summed E-state index contributed by atoms with van der Waals surface area (Å²) in [4.78, 5) is 12.3. The van der Waals surface area contributed by atoms with Crippen LogP contribution in [0.1, 0.15) is 23.0 Å². The second-order valence-corrected chi connectivity index (χ2v) is 5.53. The van der Waals surface area contributed by atoms with Gasteiger partial charge in [0.1, 0.15) is 11.5 Å². The number of carbonyl (C=O) groups excluding carboxylic acids is 1. The molecular formula is C16H14FN3OS. The van der Waals surface area contributed by atoms with Gasteiger partial charge in [-0.05, 0) is 42.1 Å². The molecule has 1 amide bonds. The van der Waals surface area contributed by atoms with Gasteiger partial charge in [0, 0.05) is 16.5 Å². The number of nitrogens with one attached hydrogen (secondary N) is 2. The Kier molecular flexibility index (Phi) is 4.02. The average molecular weight is 315 g/mol. The van der Waals surface area contributed by atoms with E-state index in [1.165, 1.54) is 24.3 Å². The van der Waals surface area contributed by atoms with Crippen molar-refractivity contribution in [1.82, 2.24) is 10.2 Å². The summed E-state index contributed by atoms with van der Waals surface area (Å²) in [5.41, 5.74) is 3.61. The summed E-state index contributed by atoms with van der Waals surface area (Å²) < 4.78 is 13.0. The Hall–Kier alpha value is -2.47. The molecule has 0 saturated carbocycles. The molecule has 0 radical (unpaired) electrons. The Labute approximate surface area is 131 Å².